The Kier molecular flexibility index (Phi) is 7.23. The first-order valence-electron chi connectivity index (χ1n) is 9.91. The molecule has 30 heavy (non-hydrogen) atoms. The summed E-state index contributed by atoms with van der Waals surface area (Å²) in [7, 11) is -1.98. The van der Waals surface area contributed by atoms with Gasteiger partial charge in [-0.15, -0.1) is 0 Å². The Morgan fingerprint density at radius 2 is 1.67 bits per heavy atom. The van der Waals surface area contributed by atoms with E-state index in [4.69, 9.17) is 9.47 Å². The van der Waals surface area contributed by atoms with Crippen LogP contribution >= 0.6 is 0 Å². The van der Waals surface area contributed by atoms with Crippen LogP contribution in [0.3, 0.4) is 0 Å². The van der Waals surface area contributed by atoms with E-state index in [0.29, 0.717) is 30.3 Å². The Balaban J connectivity index is 1.73. The van der Waals surface area contributed by atoms with Crippen LogP contribution in [-0.2, 0) is 14.8 Å². The van der Waals surface area contributed by atoms with E-state index in [1.54, 1.807) is 53.0 Å². The van der Waals surface area contributed by atoms with Crippen LogP contribution in [0.25, 0.3) is 0 Å². The maximum absolute atomic E-state index is 12.8. The molecule has 0 atom stereocenters. The zero-order valence-corrected chi connectivity index (χ0v) is 18.0. The van der Waals surface area contributed by atoms with Crippen molar-refractivity contribution in [3.05, 3.63) is 48.0 Å². The third-order valence-corrected chi connectivity index (χ3v) is 6.76. The normalized spacial score (nSPS) is 15.7. The summed E-state index contributed by atoms with van der Waals surface area (Å²) in [6.45, 7) is 2.48. The van der Waals surface area contributed by atoms with Crippen LogP contribution in [0.2, 0.25) is 0 Å². The summed E-state index contributed by atoms with van der Waals surface area (Å²) in [4.78, 5) is 15.8. The molecule has 0 unspecified atom stereocenters. The van der Waals surface area contributed by atoms with Crippen LogP contribution in [0, 0.1) is 0 Å². The molecule has 0 amide bonds. The van der Waals surface area contributed by atoms with Crippen molar-refractivity contribution < 1.29 is 22.7 Å². The topological polar surface area (TPSA) is 85.3 Å². The van der Waals surface area contributed by atoms with Gasteiger partial charge in [-0.25, -0.2) is 8.42 Å². The Morgan fingerprint density at radius 3 is 2.27 bits per heavy atom. The van der Waals surface area contributed by atoms with Gasteiger partial charge in [-0.3, -0.25) is 9.79 Å². The van der Waals surface area contributed by atoms with Crippen molar-refractivity contribution in [2.45, 2.75) is 37.5 Å². The lowest BCUT2D eigenvalue weighted by Crippen LogP contribution is -2.31. The summed E-state index contributed by atoms with van der Waals surface area (Å²) in [6.07, 6.45) is 5.60. The molecule has 1 aliphatic rings. The molecule has 8 heteroatoms. The Bertz CT molecular complexity index is 1010. The second-order valence-electron chi connectivity index (χ2n) is 7.07. The fourth-order valence-electron chi connectivity index (χ4n) is 3.29. The van der Waals surface area contributed by atoms with E-state index in [9.17, 15) is 13.2 Å². The largest absolute Gasteiger partial charge is 0.493 e. The number of ether oxygens (including phenoxy) is 2. The number of nitrogens with zero attached hydrogens (tertiary/aromatic N) is 2. The predicted octanol–water partition coefficient (Wildman–Crippen LogP) is 3.94. The maximum Gasteiger partial charge on any atom is 0.308 e. The summed E-state index contributed by atoms with van der Waals surface area (Å²) in [6, 6.07) is 11.7. The van der Waals surface area contributed by atoms with E-state index in [1.165, 1.54) is 14.0 Å². The van der Waals surface area contributed by atoms with Gasteiger partial charge in [0.05, 0.1) is 17.7 Å². The van der Waals surface area contributed by atoms with Crippen LogP contribution in [-0.4, -0.2) is 45.1 Å². The average Bonchev–Trinajstić information content (AvgIpc) is 3.03. The molecule has 0 spiro atoms. The molecule has 0 aromatic heterocycles. The molecule has 1 saturated heterocycles. The fraction of sp³-hybridized carbons (Fsp3) is 0.364. The number of sulfonamides is 1. The van der Waals surface area contributed by atoms with E-state index in [2.05, 4.69) is 4.99 Å². The molecule has 0 bridgehead atoms. The standard InChI is InChI=1S/C22H26N2O5S/c1-17(25)29-21-12-7-18(15-22(21)28-2)16-23-19-8-10-20(11-9-19)30(26,27)24-13-5-3-4-6-14-24/h7-12,15-16H,3-6,13-14H2,1-2H3. The van der Waals surface area contributed by atoms with Crippen molar-refractivity contribution in [2.24, 2.45) is 4.99 Å². The lowest BCUT2D eigenvalue weighted by atomic mass is 10.2. The van der Waals surface area contributed by atoms with Crippen LogP contribution in [0.4, 0.5) is 5.69 Å². The van der Waals surface area contributed by atoms with Crippen molar-refractivity contribution in [2.75, 3.05) is 20.2 Å². The molecule has 1 aliphatic heterocycles. The van der Waals surface area contributed by atoms with Gasteiger partial charge in [0.15, 0.2) is 11.5 Å². The Labute approximate surface area is 177 Å². The van der Waals surface area contributed by atoms with Gasteiger partial charge < -0.3 is 9.47 Å². The highest BCUT2D eigenvalue weighted by atomic mass is 32.2. The molecule has 0 aliphatic carbocycles. The van der Waals surface area contributed by atoms with E-state index in [0.717, 1.165) is 31.2 Å². The zero-order valence-electron chi connectivity index (χ0n) is 17.2. The van der Waals surface area contributed by atoms with E-state index in [-0.39, 0.29) is 4.90 Å². The van der Waals surface area contributed by atoms with Crippen molar-refractivity contribution in [3.8, 4) is 11.5 Å². The number of carbonyl (C=O) groups excluding carboxylic acids is 1. The molecule has 0 radical (unpaired) electrons. The number of hydrogen-bond donors (Lipinski definition) is 0. The van der Waals surface area contributed by atoms with Crippen LogP contribution in [0.1, 0.15) is 38.2 Å². The summed E-state index contributed by atoms with van der Waals surface area (Å²) < 4.78 is 37.6. The molecule has 1 fully saturated rings. The SMILES string of the molecule is COc1cc(C=Nc2ccc(S(=O)(=O)N3CCCCCC3)cc2)ccc1OC(C)=O. The van der Waals surface area contributed by atoms with Gasteiger partial charge in [0.2, 0.25) is 10.0 Å². The molecular formula is C22H26N2O5S. The lowest BCUT2D eigenvalue weighted by Gasteiger charge is -2.19. The number of methoxy groups -OCH3 is 1. The van der Waals surface area contributed by atoms with E-state index < -0.39 is 16.0 Å². The lowest BCUT2D eigenvalue weighted by molar-refractivity contribution is -0.132. The fourth-order valence-corrected chi connectivity index (χ4v) is 4.81. The summed E-state index contributed by atoms with van der Waals surface area (Å²) in [5, 5.41) is 0. The molecule has 3 rings (SSSR count). The van der Waals surface area contributed by atoms with Crippen LogP contribution < -0.4 is 9.47 Å². The van der Waals surface area contributed by atoms with E-state index >= 15 is 0 Å². The first-order valence-corrected chi connectivity index (χ1v) is 11.3. The minimum atomic E-state index is -3.47. The third-order valence-electron chi connectivity index (χ3n) is 4.84. The molecular weight excluding hydrogens is 404 g/mol. The number of benzene rings is 2. The minimum absolute atomic E-state index is 0.288. The third kappa shape index (κ3) is 5.46. The second kappa shape index (κ2) is 9.86. The Morgan fingerprint density at radius 1 is 1.00 bits per heavy atom. The smallest absolute Gasteiger partial charge is 0.308 e. The van der Waals surface area contributed by atoms with Gasteiger partial charge in [-0.1, -0.05) is 12.8 Å². The molecule has 160 valence electrons. The summed E-state index contributed by atoms with van der Waals surface area (Å²) in [5.41, 5.74) is 1.39. The first kappa shape index (κ1) is 22.0. The van der Waals surface area contributed by atoms with Gasteiger partial charge in [0.1, 0.15) is 0 Å². The predicted molar refractivity (Wildman–Crippen MR) is 115 cm³/mol. The van der Waals surface area contributed by atoms with Crippen LogP contribution in [0.5, 0.6) is 11.5 Å². The first-order chi connectivity index (χ1) is 14.4. The minimum Gasteiger partial charge on any atom is -0.493 e. The number of carbonyl (C=O) groups is 1. The van der Waals surface area contributed by atoms with Crippen LogP contribution in [0.15, 0.2) is 52.4 Å². The molecule has 0 saturated carbocycles. The van der Waals surface area contributed by atoms with Crippen molar-refractivity contribution in [1.82, 2.24) is 4.31 Å². The quantitative estimate of drug-likeness (QED) is 0.394. The monoisotopic (exact) mass is 430 g/mol. The van der Waals surface area contributed by atoms with Crippen molar-refractivity contribution >= 4 is 27.9 Å². The summed E-state index contributed by atoms with van der Waals surface area (Å²) in [5.74, 6) is 0.336. The molecule has 2 aromatic carbocycles. The van der Waals surface area contributed by atoms with Gasteiger partial charge in [0.25, 0.3) is 0 Å². The number of hydrogen-bond acceptors (Lipinski definition) is 6. The highest BCUT2D eigenvalue weighted by Crippen LogP contribution is 2.28. The number of esters is 1. The van der Waals surface area contributed by atoms with Crippen molar-refractivity contribution in [3.63, 3.8) is 0 Å². The maximum atomic E-state index is 12.8. The molecule has 7 nitrogen and oxygen atoms in total. The van der Waals surface area contributed by atoms with Gasteiger partial charge >= 0.3 is 5.97 Å². The zero-order chi connectivity index (χ0) is 21.6. The molecule has 0 N–H and O–H groups in total. The molecule has 1 heterocycles. The molecule has 2 aromatic rings. The van der Waals surface area contributed by atoms with Crippen molar-refractivity contribution in [1.29, 1.82) is 0 Å². The average molecular weight is 431 g/mol. The van der Waals surface area contributed by atoms with E-state index in [1.807, 2.05) is 0 Å². The second-order valence-corrected chi connectivity index (χ2v) is 9.01. The number of aliphatic imine (C=N–C) groups is 1. The highest BCUT2D eigenvalue weighted by Gasteiger charge is 2.24. The summed E-state index contributed by atoms with van der Waals surface area (Å²) >= 11 is 0. The number of rotatable bonds is 6. The van der Waals surface area contributed by atoms with Gasteiger partial charge in [-0.05, 0) is 60.9 Å². The van der Waals surface area contributed by atoms with Gasteiger partial charge in [-0.2, -0.15) is 4.31 Å². The highest BCUT2D eigenvalue weighted by molar-refractivity contribution is 7.89. The Hall–Kier alpha value is -2.71. The van der Waals surface area contributed by atoms with Gasteiger partial charge in [0, 0.05) is 26.2 Å².